The fourth-order valence-corrected chi connectivity index (χ4v) is 2.93. The molecule has 0 aromatic heterocycles. The van der Waals surface area contributed by atoms with E-state index < -0.39 is 11.9 Å². The lowest BCUT2D eigenvalue weighted by Gasteiger charge is -2.38. The summed E-state index contributed by atoms with van der Waals surface area (Å²) in [5.41, 5.74) is 0.290. The van der Waals surface area contributed by atoms with Gasteiger partial charge in [-0.15, -0.1) is 0 Å². The first kappa shape index (κ1) is 17.8. The van der Waals surface area contributed by atoms with E-state index in [0.717, 1.165) is 32.4 Å². The molecule has 0 bridgehead atoms. The number of carboxylic acid groups (broad SMARTS) is 1. The summed E-state index contributed by atoms with van der Waals surface area (Å²) in [6.45, 7) is 10.4. The number of rotatable bonds is 5. The molecule has 2 amide bonds. The third-order valence-electron chi connectivity index (χ3n) is 4.49. The molecule has 0 aromatic carbocycles. The maximum atomic E-state index is 12.1. The maximum Gasteiger partial charge on any atom is 0.317 e. The number of amides is 2. The first-order chi connectivity index (χ1) is 9.75. The predicted octanol–water partition coefficient (Wildman–Crippen LogP) is 2.96. The molecule has 1 aliphatic rings. The van der Waals surface area contributed by atoms with Gasteiger partial charge >= 0.3 is 12.0 Å². The lowest BCUT2D eigenvalue weighted by Crippen LogP contribution is -2.47. The number of piperidine rings is 1. The summed E-state index contributed by atoms with van der Waals surface area (Å²) >= 11 is 0. The van der Waals surface area contributed by atoms with Crippen molar-refractivity contribution in [1.82, 2.24) is 10.2 Å². The van der Waals surface area contributed by atoms with Gasteiger partial charge in [-0.05, 0) is 30.6 Å². The minimum absolute atomic E-state index is 0.121. The van der Waals surface area contributed by atoms with Crippen LogP contribution in [-0.2, 0) is 4.79 Å². The van der Waals surface area contributed by atoms with Gasteiger partial charge in [0.2, 0.25) is 0 Å². The summed E-state index contributed by atoms with van der Waals surface area (Å²) < 4.78 is 0. The normalized spacial score (nSPS) is 18.4. The van der Waals surface area contributed by atoms with Crippen LogP contribution in [0.5, 0.6) is 0 Å². The third kappa shape index (κ3) is 5.56. The van der Waals surface area contributed by atoms with E-state index in [1.807, 2.05) is 11.8 Å². The van der Waals surface area contributed by atoms with Crippen molar-refractivity contribution in [3.05, 3.63) is 0 Å². The van der Waals surface area contributed by atoms with E-state index in [1.54, 1.807) is 0 Å². The number of aliphatic carboxylic acids is 1. The molecule has 5 nitrogen and oxygen atoms in total. The highest BCUT2D eigenvalue weighted by Crippen LogP contribution is 2.34. The molecule has 1 aliphatic heterocycles. The maximum absolute atomic E-state index is 12.1. The lowest BCUT2D eigenvalue weighted by atomic mass is 9.75. The number of hydrogen-bond donors (Lipinski definition) is 2. The zero-order valence-electron chi connectivity index (χ0n) is 13.8. The van der Waals surface area contributed by atoms with Gasteiger partial charge in [0.05, 0.1) is 5.92 Å². The van der Waals surface area contributed by atoms with E-state index in [1.165, 1.54) is 0 Å². The van der Waals surface area contributed by atoms with Gasteiger partial charge in [-0.3, -0.25) is 4.79 Å². The van der Waals surface area contributed by atoms with Crippen molar-refractivity contribution in [2.75, 3.05) is 19.6 Å². The predicted molar refractivity (Wildman–Crippen MR) is 83.2 cm³/mol. The summed E-state index contributed by atoms with van der Waals surface area (Å²) in [6.07, 6.45) is 3.45. The Morgan fingerprint density at radius 2 is 1.86 bits per heavy atom. The van der Waals surface area contributed by atoms with Crippen LogP contribution in [0, 0.1) is 17.3 Å². The van der Waals surface area contributed by atoms with Gasteiger partial charge in [0.1, 0.15) is 0 Å². The van der Waals surface area contributed by atoms with Gasteiger partial charge in [0.25, 0.3) is 0 Å². The standard InChI is InChI=1S/C16H30N2O3/c1-5-6-12(14(19)20)11-17-15(21)18-9-7-13(8-10-18)16(2,3)4/h12-13H,5-11H2,1-4H3,(H,17,21)(H,19,20). The molecule has 21 heavy (non-hydrogen) atoms. The number of nitrogens with zero attached hydrogens (tertiary/aromatic N) is 1. The monoisotopic (exact) mass is 298 g/mol. The highest BCUT2D eigenvalue weighted by molar-refractivity contribution is 5.76. The average Bonchev–Trinajstić information content (AvgIpc) is 2.42. The molecule has 0 spiro atoms. The van der Waals surface area contributed by atoms with Crippen LogP contribution in [0.1, 0.15) is 53.4 Å². The molecule has 1 heterocycles. The number of urea groups is 1. The number of carboxylic acids is 1. The van der Waals surface area contributed by atoms with E-state index >= 15 is 0 Å². The molecule has 2 N–H and O–H groups in total. The fourth-order valence-electron chi connectivity index (χ4n) is 2.93. The first-order valence-corrected chi connectivity index (χ1v) is 8.01. The van der Waals surface area contributed by atoms with Gasteiger partial charge in [-0.25, -0.2) is 4.79 Å². The first-order valence-electron chi connectivity index (χ1n) is 8.01. The number of carbonyl (C=O) groups excluding carboxylic acids is 1. The summed E-state index contributed by atoms with van der Waals surface area (Å²) in [4.78, 5) is 25.0. The van der Waals surface area contributed by atoms with Crippen molar-refractivity contribution in [2.24, 2.45) is 17.3 Å². The number of hydrogen-bond acceptors (Lipinski definition) is 2. The highest BCUT2D eigenvalue weighted by atomic mass is 16.4. The summed E-state index contributed by atoms with van der Waals surface area (Å²) in [5.74, 6) is -0.664. The minimum atomic E-state index is -0.830. The Bertz CT molecular complexity index is 355. The van der Waals surface area contributed by atoms with E-state index in [2.05, 4.69) is 26.1 Å². The SMILES string of the molecule is CCCC(CNC(=O)N1CCC(C(C)(C)C)CC1)C(=O)O. The molecular formula is C16H30N2O3. The number of nitrogens with one attached hydrogen (secondary N) is 1. The van der Waals surface area contributed by atoms with E-state index in [4.69, 9.17) is 5.11 Å². The van der Waals surface area contributed by atoms with Crippen molar-refractivity contribution >= 4 is 12.0 Å². The second kappa shape index (κ2) is 7.66. The van der Waals surface area contributed by atoms with Crippen molar-refractivity contribution in [3.63, 3.8) is 0 Å². The molecule has 5 heteroatoms. The Morgan fingerprint density at radius 3 is 2.29 bits per heavy atom. The molecule has 1 unspecified atom stereocenters. The third-order valence-corrected chi connectivity index (χ3v) is 4.49. The Labute approximate surface area is 128 Å². The van der Waals surface area contributed by atoms with Crippen LogP contribution in [-0.4, -0.2) is 41.6 Å². The molecule has 1 fully saturated rings. The number of likely N-dealkylation sites (tertiary alicyclic amines) is 1. The van der Waals surface area contributed by atoms with Gasteiger partial charge in [0, 0.05) is 19.6 Å². The second-order valence-electron chi connectivity index (χ2n) is 7.14. The Balaban J connectivity index is 2.39. The zero-order chi connectivity index (χ0) is 16.0. The van der Waals surface area contributed by atoms with Gasteiger partial charge in [-0.2, -0.15) is 0 Å². The van der Waals surface area contributed by atoms with E-state index in [-0.39, 0.29) is 18.0 Å². The Kier molecular flexibility index (Phi) is 6.49. The highest BCUT2D eigenvalue weighted by Gasteiger charge is 2.30. The smallest absolute Gasteiger partial charge is 0.317 e. The molecule has 0 saturated carbocycles. The van der Waals surface area contributed by atoms with Crippen LogP contribution < -0.4 is 5.32 Å². The van der Waals surface area contributed by atoms with Crippen molar-refractivity contribution < 1.29 is 14.7 Å². The van der Waals surface area contributed by atoms with E-state index in [9.17, 15) is 9.59 Å². The topological polar surface area (TPSA) is 69.6 Å². The largest absolute Gasteiger partial charge is 0.481 e. The number of carbonyl (C=O) groups is 2. The van der Waals surface area contributed by atoms with Crippen LogP contribution in [0.3, 0.4) is 0 Å². The summed E-state index contributed by atoms with van der Waals surface area (Å²) in [6, 6.07) is -0.121. The van der Waals surface area contributed by atoms with Crippen LogP contribution in [0.25, 0.3) is 0 Å². The van der Waals surface area contributed by atoms with Gasteiger partial charge in [-0.1, -0.05) is 34.1 Å². The van der Waals surface area contributed by atoms with Crippen LogP contribution in [0.15, 0.2) is 0 Å². The van der Waals surface area contributed by atoms with Crippen LogP contribution in [0.4, 0.5) is 4.79 Å². The van der Waals surface area contributed by atoms with E-state index in [0.29, 0.717) is 12.3 Å². The van der Waals surface area contributed by atoms with Crippen LogP contribution in [0.2, 0.25) is 0 Å². The molecular weight excluding hydrogens is 268 g/mol. The van der Waals surface area contributed by atoms with Gasteiger partial charge in [0.15, 0.2) is 0 Å². The zero-order valence-corrected chi connectivity index (χ0v) is 13.8. The molecule has 1 atom stereocenters. The molecule has 0 radical (unpaired) electrons. The Hall–Kier alpha value is -1.26. The van der Waals surface area contributed by atoms with Crippen molar-refractivity contribution in [3.8, 4) is 0 Å². The Morgan fingerprint density at radius 1 is 1.29 bits per heavy atom. The summed E-state index contributed by atoms with van der Waals surface area (Å²) in [5, 5.41) is 11.9. The molecule has 1 rings (SSSR count). The van der Waals surface area contributed by atoms with Crippen molar-refractivity contribution in [2.45, 2.75) is 53.4 Å². The summed E-state index contributed by atoms with van der Waals surface area (Å²) in [7, 11) is 0. The molecule has 0 aromatic rings. The molecule has 0 aliphatic carbocycles. The fraction of sp³-hybridized carbons (Fsp3) is 0.875. The lowest BCUT2D eigenvalue weighted by molar-refractivity contribution is -0.141. The minimum Gasteiger partial charge on any atom is -0.481 e. The average molecular weight is 298 g/mol. The molecule has 122 valence electrons. The second-order valence-corrected chi connectivity index (χ2v) is 7.14. The van der Waals surface area contributed by atoms with Crippen molar-refractivity contribution in [1.29, 1.82) is 0 Å². The molecule has 1 saturated heterocycles. The quantitative estimate of drug-likeness (QED) is 0.820. The van der Waals surface area contributed by atoms with Crippen LogP contribution >= 0.6 is 0 Å². The van der Waals surface area contributed by atoms with Gasteiger partial charge < -0.3 is 15.3 Å².